The molecule has 27 heavy (non-hydrogen) atoms. The molecule has 3 rings (SSSR count). The summed E-state index contributed by atoms with van der Waals surface area (Å²) >= 11 is 6.78. The standard InChI is InChI=1S/C20H19ClN2O3S/c1-22(2)16-7-3-14(4-8-16)13-18-19(24)23(20(25)27-18)11-12-26-17-9-5-15(21)6-10-17/h3-10,13H,11-12H2,1-2H3/b18-13+. The zero-order valence-corrected chi connectivity index (χ0v) is 16.6. The molecule has 0 aromatic heterocycles. The minimum Gasteiger partial charge on any atom is -0.492 e. The van der Waals surface area contributed by atoms with E-state index in [1.165, 1.54) is 4.90 Å². The van der Waals surface area contributed by atoms with E-state index in [0.29, 0.717) is 15.7 Å². The molecular weight excluding hydrogens is 384 g/mol. The van der Waals surface area contributed by atoms with Crippen LogP contribution in [0.25, 0.3) is 6.08 Å². The van der Waals surface area contributed by atoms with Crippen LogP contribution in [0, 0.1) is 0 Å². The fourth-order valence-corrected chi connectivity index (χ4v) is 3.49. The van der Waals surface area contributed by atoms with Gasteiger partial charge in [0.25, 0.3) is 11.1 Å². The van der Waals surface area contributed by atoms with E-state index in [4.69, 9.17) is 16.3 Å². The molecule has 2 aromatic rings. The summed E-state index contributed by atoms with van der Waals surface area (Å²) in [6.07, 6.45) is 1.74. The van der Waals surface area contributed by atoms with Crippen LogP contribution in [0.4, 0.5) is 10.5 Å². The van der Waals surface area contributed by atoms with Crippen molar-refractivity contribution in [1.29, 1.82) is 0 Å². The van der Waals surface area contributed by atoms with Crippen molar-refractivity contribution in [3.63, 3.8) is 0 Å². The van der Waals surface area contributed by atoms with Gasteiger partial charge in [0.15, 0.2) is 0 Å². The molecule has 0 unspecified atom stereocenters. The Bertz CT molecular complexity index is 864. The lowest BCUT2D eigenvalue weighted by atomic mass is 10.2. The lowest BCUT2D eigenvalue weighted by Crippen LogP contribution is -2.32. The zero-order valence-electron chi connectivity index (χ0n) is 15.0. The third-order valence-electron chi connectivity index (χ3n) is 3.98. The van der Waals surface area contributed by atoms with E-state index in [-0.39, 0.29) is 24.3 Å². The molecule has 0 N–H and O–H groups in total. The van der Waals surface area contributed by atoms with Crippen molar-refractivity contribution in [3.8, 4) is 5.75 Å². The van der Waals surface area contributed by atoms with Gasteiger partial charge in [-0.3, -0.25) is 14.5 Å². The number of anilines is 1. The molecule has 0 spiro atoms. The van der Waals surface area contributed by atoms with E-state index >= 15 is 0 Å². The number of nitrogens with zero attached hydrogens (tertiary/aromatic N) is 2. The molecule has 140 valence electrons. The maximum absolute atomic E-state index is 12.5. The highest BCUT2D eigenvalue weighted by Gasteiger charge is 2.34. The van der Waals surface area contributed by atoms with Crippen molar-refractivity contribution >= 4 is 46.3 Å². The van der Waals surface area contributed by atoms with Crippen LogP contribution < -0.4 is 9.64 Å². The second kappa shape index (κ2) is 8.50. The molecule has 1 saturated heterocycles. The molecular formula is C20H19ClN2O3S. The quantitative estimate of drug-likeness (QED) is 0.665. The number of halogens is 1. The molecule has 1 heterocycles. The summed E-state index contributed by atoms with van der Waals surface area (Å²) in [6.45, 7) is 0.425. The predicted octanol–water partition coefficient (Wildman–Crippen LogP) is 4.52. The summed E-state index contributed by atoms with van der Waals surface area (Å²) in [6, 6.07) is 14.7. The van der Waals surface area contributed by atoms with E-state index in [2.05, 4.69) is 0 Å². The molecule has 5 nitrogen and oxygen atoms in total. The third kappa shape index (κ3) is 4.84. The Morgan fingerprint density at radius 3 is 2.37 bits per heavy atom. The molecule has 2 amide bonds. The number of ether oxygens (including phenoxy) is 1. The van der Waals surface area contributed by atoms with Crippen molar-refractivity contribution in [2.24, 2.45) is 0 Å². The van der Waals surface area contributed by atoms with Gasteiger partial charge in [-0.05, 0) is 59.8 Å². The Labute approximate surface area is 167 Å². The van der Waals surface area contributed by atoms with Crippen molar-refractivity contribution in [2.45, 2.75) is 0 Å². The van der Waals surface area contributed by atoms with Crippen molar-refractivity contribution in [2.75, 3.05) is 32.1 Å². The number of benzene rings is 2. The van der Waals surface area contributed by atoms with E-state index in [1.54, 1.807) is 30.3 Å². The van der Waals surface area contributed by atoms with Gasteiger partial charge in [0.1, 0.15) is 12.4 Å². The average Bonchev–Trinajstić information content (AvgIpc) is 2.91. The lowest BCUT2D eigenvalue weighted by Gasteiger charge is -2.13. The first-order valence-corrected chi connectivity index (χ1v) is 9.54. The summed E-state index contributed by atoms with van der Waals surface area (Å²) in [7, 11) is 3.93. The molecule has 0 radical (unpaired) electrons. The van der Waals surface area contributed by atoms with E-state index in [1.807, 2.05) is 43.3 Å². The second-order valence-electron chi connectivity index (χ2n) is 6.12. The summed E-state index contributed by atoms with van der Waals surface area (Å²) < 4.78 is 5.57. The minimum absolute atomic E-state index is 0.199. The first-order valence-electron chi connectivity index (χ1n) is 8.35. The van der Waals surface area contributed by atoms with Crippen LogP contribution in [-0.2, 0) is 4.79 Å². The van der Waals surface area contributed by atoms with Gasteiger partial charge in [-0.25, -0.2) is 0 Å². The Balaban J connectivity index is 1.61. The van der Waals surface area contributed by atoms with Crippen LogP contribution in [0.15, 0.2) is 53.4 Å². The fraction of sp³-hybridized carbons (Fsp3) is 0.200. The van der Waals surface area contributed by atoms with Gasteiger partial charge in [-0.2, -0.15) is 0 Å². The highest BCUT2D eigenvalue weighted by atomic mass is 35.5. The molecule has 7 heteroatoms. The van der Waals surface area contributed by atoms with Crippen molar-refractivity contribution in [1.82, 2.24) is 4.90 Å². The SMILES string of the molecule is CN(C)c1ccc(/C=C2/SC(=O)N(CCOc3ccc(Cl)cc3)C2=O)cc1. The summed E-state index contributed by atoms with van der Waals surface area (Å²) in [5.74, 6) is 0.351. The van der Waals surface area contributed by atoms with Crippen LogP contribution in [0.2, 0.25) is 5.02 Å². The first-order chi connectivity index (χ1) is 12.9. The van der Waals surface area contributed by atoms with Crippen molar-refractivity contribution in [3.05, 3.63) is 64.0 Å². The van der Waals surface area contributed by atoms with Gasteiger partial charge >= 0.3 is 0 Å². The molecule has 0 bridgehead atoms. The first kappa shape index (κ1) is 19.3. The number of amides is 2. The van der Waals surface area contributed by atoms with Gasteiger partial charge in [0.05, 0.1) is 11.4 Å². The number of rotatable bonds is 6. The van der Waals surface area contributed by atoms with Crippen LogP contribution in [0.1, 0.15) is 5.56 Å². The van der Waals surface area contributed by atoms with E-state index in [9.17, 15) is 9.59 Å². The summed E-state index contributed by atoms with van der Waals surface area (Å²) in [4.78, 5) is 28.3. The number of thioether (sulfide) groups is 1. The van der Waals surface area contributed by atoms with Gasteiger partial charge < -0.3 is 9.64 Å². The maximum Gasteiger partial charge on any atom is 0.293 e. The molecule has 2 aromatic carbocycles. The molecule has 1 fully saturated rings. The van der Waals surface area contributed by atoms with E-state index in [0.717, 1.165) is 23.0 Å². The molecule has 0 saturated carbocycles. The van der Waals surface area contributed by atoms with Crippen LogP contribution in [-0.4, -0.2) is 43.3 Å². The van der Waals surface area contributed by atoms with Gasteiger partial charge in [0.2, 0.25) is 0 Å². The molecule has 0 aliphatic carbocycles. The Morgan fingerprint density at radius 2 is 1.74 bits per heavy atom. The number of carbonyl (C=O) groups excluding carboxylic acids is 2. The number of carbonyl (C=O) groups is 2. The fourth-order valence-electron chi connectivity index (χ4n) is 2.50. The Morgan fingerprint density at radius 1 is 1.07 bits per heavy atom. The molecule has 0 atom stereocenters. The molecule has 1 aliphatic rings. The van der Waals surface area contributed by atoms with Crippen molar-refractivity contribution < 1.29 is 14.3 Å². The number of hydrogen-bond acceptors (Lipinski definition) is 5. The minimum atomic E-state index is -0.290. The van der Waals surface area contributed by atoms with Crippen LogP contribution in [0.5, 0.6) is 5.75 Å². The van der Waals surface area contributed by atoms with Gasteiger partial charge in [-0.1, -0.05) is 23.7 Å². The highest BCUT2D eigenvalue weighted by molar-refractivity contribution is 8.18. The smallest absolute Gasteiger partial charge is 0.293 e. The Hall–Kier alpha value is -2.44. The third-order valence-corrected chi connectivity index (χ3v) is 5.14. The maximum atomic E-state index is 12.5. The average molecular weight is 403 g/mol. The monoisotopic (exact) mass is 402 g/mol. The molecule has 1 aliphatic heterocycles. The second-order valence-corrected chi connectivity index (χ2v) is 7.55. The highest BCUT2D eigenvalue weighted by Crippen LogP contribution is 2.32. The van der Waals surface area contributed by atoms with Gasteiger partial charge in [0, 0.05) is 24.8 Å². The van der Waals surface area contributed by atoms with E-state index < -0.39 is 0 Å². The summed E-state index contributed by atoms with van der Waals surface area (Å²) in [5, 5.41) is 0.341. The largest absolute Gasteiger partial charge is 0.492 e. The van der Waals surface area contributed by atoms with Gasteiger partial charge in [-0.15, -0.1) is 0 Å². The number of hydrogen-bond donors (Lipinski definition) is 0. The summed E-state index contributed by atoms with van der Waals surface area (Å²) in [5.41, 5.74) is 1.95. The predicted molar refractivity (Wildman–Crippen MR) is 110 cm³/mol. The lowest BCUT2D eigenvalue weighted by molar-refractivity contribution is -0.123. The zero-order chi connectivity index (χ0) is 19.4. The van der Waals surface area contributed by atoms with Crippen LogP contribution >= 0.6 is 23.4 Å². The normalized spacial score (nSPS) is 15.5. The Kier molecular flexibility index (Phi) is 6.08. The number of imide groups is 1. The topological polar surface area (TPSA) is 49.9 Å². The van der Waals surface area contributed by atoms with Crippen LogP contribution in [0.3, 0.4) is 0 Å².